The molecule has 0 saturated heterocycles. The topological polar surface area (TPSA) is 21.3 Å². The summed E-state index contributed by atoms with van der Waals surface area (Å²) in [5, 5.41) is 3.69. The van der Waals surface area contributed by atoms with Crippen molar-refractivity contribution < 1.29 is 4.74 Å². The van der Waals surface area contributed by atoms with Gasteiger partial charge < -0.3 is 10.1 Å². The quantitative estimate of drug-likeness (QED) is 0.670. The lowest BCUT2D eigenvalue weighted by Crippen LogP contribution is -2.45. The van der Waals surface area contributed by atoms with Crippen LogP contribution in [0.25, 0.3) is 0 Å². The highest BCUT2D eigenvalue weighted by Gasteiger charge is 2.24. The Hall–Kier alpha value is -0.0800. The van der Waals surface area contributed by atoms with E-state index in [4.69, 9.17) is 4.74 Å². The molecule has 0 unspecified atom stereocenters. The molecule has 0 bridgehead atoms. The van der Waals surface area contributed by atoms with Gasteiger partial charge in [0.25, 0.3) is 0 Å². The summed E-state index contributed by atoms with van der Waals surface area (Å²) in [6.45, 7) is 12.1. The molecule has 0 aromatic rings. The summed E-state index contributed by atoms with van der Waals surface area (Å²) in [7, 11) is 1.78. The monoisotopic (exact) mass is 215 g/mol. The van der Waals surface area contributed by atoms with Gasteiger partial charge >= 0.3 is 0 Å². The van der Waals surface area contributed by atoms with E-state index < -0.39 is 0 Å². The van der Waals surface area contributed by atoms with Gasteiger partial charge in [-0.05, 0) is 46.1 Å². The van der Waals surface area contributed by atoms with Crippen LogP contribution in [0.4, 0.5) is 0 Å². The van der Waals surface area contributed by atoms with Gasteiger partial charge in [0.05, 0.1) is 5.60 Å². The van der Waals surface area contributed by atoms with Crippen LogP contribution in [0.15, 0.2) is 0 Å². The van der Waals surface area contributed by atoms with Crippen molar-refractivity contribution in [2.75, 3.05) is 13.7 Å². The molecule has 0 rings (SSSR count). The molecule has 2 nitrogen and oxygen atoms in total. The third-order valence-electron chi connectivity index (χ3n) is 3.81. The van der Waals surface area contributed by atoms with E-state index in [2.05, 4.69) is 39.9 Å². The van der Waals surface area contributed by atoms with Gasteiger partial charge in [-0.3, -0.25) is 0 Å². The van der Waals surface area contributed by atoms with Crippen molar-refractivity contribution in [2.45, 2.75) is 71.4 Å². The fourth-order valence-corrected chi connectivity index (χ4v) is 1.86. The maximum atomic E-state index is 5.41. The normalized spacial score (nSPS) is 13.2. The number of methoxy groups -OCH3 is 1. The second-order valence-electron chi connectivity index (χ2n) is 4.98. The fourth-order valence-electron chi connectivity index (χ4n) is 1.86. The highest BCUT2D eigenvalue weighted by molar-refractivity contribution is 4.84. The van der Waals surface area contributed by atoms with E-state index in [1.807, 2.05) is 0 Å². The Morgan fingerprint density at radius 2 is 1.47 bits per heavy atom. The van der Waals surface area contributed by atoms with Crippen LogP contribution in [0.5, 0.6) is 0 Å². The van der Waals surface area contributed by atoms with Crippen molar-refractivity contribution >= 4 is 0 Å². The van der Waals surface area contributed by atoms with E-state index in [9.17, 15) is 0 Å². The molecule has 15 heavy (non-hydrogen) atoms. The fraction of sp³-hybridized carbons (Fsp3) is 1.00. The summed E-state index contributed by atoms with van der Waals surface area (Å²) in [6, 6.07) is 0. The maximum absolute atomic E-state index is 5.41. The van der Waals surface area contributed by atoms with Gasteiger partial charge in [0.1, 0.15) is 0 Å². The lowest BCUT2D eigenvalue weighted by atomic mass is 9.89. The average Bonchev–Trinajstić information content (AvgIpc) is 2.25. The summed E-state index contributed by atoms with van der Waals surface area (Å²) < 4.78 is 5.41. The molecule has 0 aliphatic heterocycles. The second kappa shape index (κ2) is 6.49. The van der Waals surface area contributed by atoms with Crippen LogP contribution in [0, 0.1) is 0 Å². The maximum Gasteiger partial charge on any atom is 0.0634 e. The predicted octanol–water partition coefficient (Wildman–Crippen LogP) is 3.36. The SMILES string of the molecule is CCC(CC)(CC)NCCC(C)(C)OC. The Balaban J connectivity index is 4.02. The Morgan fingerprint density at radius 1 is 1.00 bits per heavy atom. The first kappa shape index (κ1) is 14.9. The molecule has 0 heterocycles. The van der Waals surface area contributed by atoms with E-state index in [0.717, 1.165) is 13.0 Å². The standard InChI is InChI=1S/C13H29NO/c1-7-13(8-2,9-3)14-11-10-12(4,5)15-6/h14H,7-11H2,1-6H3. The van der Waals surface area contributed by atoms with Gasteiger partial charge in [-0.15, -0.1) is 0 Å². The highest BCUT2D eigenvalue weighted by atomic mass is 16.5. The van der Waals surface area contributed by atoms with E-state index in [1.165, 1.54) is 19.3 Å². The van der Waals surface area contributed by atoms with Gasteiger partial charge in [0, 0.05) is 12.6 Å². The second-order valence-corrected chi connectivity index (χ2v) is 4.98. The molecule has 92 valence electrons. The van der Waals surface area contributed by atoms with Gasteiger partial charge in [-0.2, -0.15) is 0 Å². The molecule has 0 aliphatic carbocycles. The van der Waals surface area contributed by atoms with Crippen molar-refractivity contribution in [2.24, 2.45) is 0 Å². The lowest BCUT2D eigenvalue weighted by Gasteiger charge is -2.33. The summed E-state index contributed by atoms with van der Waals surface area (Å²) in [4.78, 5) is 0. The van der Waals surface area contributed by atoms with E-state index in [-0.39, 0.29) is 5.60 Å². The molecular weight excluding hydrogens is 186 g/mol. The van der Waals surface area contributed by atoms with Crippen LogP contribution in [0.3, 0.4) is 0 Å². The molecule has 0 aliphatic rings. The number of nitrogens with one attached hydrogen (secondary N) is 1. The molecule has 2 heteroatoms. The number of hydrogen-bond acceptors (Lipinski definition) is 2. The van der Waals surface area contributed by atoms with E-state index in [1.54, 1.807) is 7.11 Å². The lowest BCUT2D eigenvalue weighted by molar-refractivity contribution is 0.0139. The number of rotatable bonds is 8. The zero-order valence-corrected chi connectivity index (χ0v) is 11.4. The molecule has 0 spiro atoms. The van der Waals surface area contributed by atoms with Crippen LogP contribution in [0.1, 0.15) is 60.3 Å². The largest absolute Gasteiger partial charge is 0.379 e. The van der Waals surface area contributed by atoms with Crippen molar-refractivity contribution in [1.29, 1.82) is 0 Å². The van der Waals surface area contributed by atoms with Crippen molar-refractivity contribution in [3.8, 4) is 0 Å². The van der Waals surface area contributed by atoms with Crippen LogP contribution in [0.2, 0.25) is 0 Å². The molecule has 0 aromatic carbocycles. The Kier molecular flexibility index (Phi) is 6.46. The zero-order valence-electron chi connectivity index (χ0n) is 11.4. The van der Waals surface area contributed by atoms with E-state index >= 15 is 0 Å². The zero-order chi connectivity index (χ0) is 11.9. The van der Waals surface area contributed by atoms with Crippen LogP contribution in [-0.4, -0.2) is 24.8 Å². The average molecular weight is 215 g/mol. The predicted molar refractivity (Wildman–Crippen MR) is 67.3 cm³/mol. The van der Waals surface area contributed by atoms with Crippen LogP contribution >= 0.6 is 0 Å². The minimum Gasteiger partial charge on any atom is -0.379 e. The molecule has 0 aromatic heterocycles. The molecule has 0 saturated carbocycles. The Labute approximate surface area is 95.8 Å². The van der Waals surface area contributed by atoms with Gasteiger partial charge in [0.2, 0.25) is 0 Å². The highest BCUT2D eigenvalue weighted by Crippen LogP contribution is 2.20. The van der Waals surface area contributed by atoms with Crippen molar-refractivity contribution in [3.05, 3.63) is 0 Å². The minimum atomic E-state index is -0.00599. The first-order chi connectivity index (χ1) is 6.95. The number of hydrogen-bond donors (Lipinski definition) is 1. The van der Waals surface area contributed by atoms with Gasteiger partial charge in [0.15, 0.2) is 0 Å². The smallest absolute Gasteiger partial charge is 0.0634 e. The van der Waals surface area contributed by atoms with Crippen molar-refractivity contribution in [1.82, 2.24) is 5.32 Å². The Morgan fingerprint density at radius 3 is 1.80 bits per heavy atom. The third kappa shape index (κ3) is 4.98. The number of ether oxygens (including phenoxy) is 1. The van der Waals surface area contributed by atoms with Crippen LogP contribution in [-0.2, 0) is 4.74 Å². The third-order valence-corrected chi connectivity index (χ3v) is 3.81. The van der Waals surface area contributed by atoms with E-state index in [0.29, 0.717) is 5.54 Å². The first-order valence-corrected chi connectivity index (χ1v) is 6.25. The summed E-state index contributed by atoms with van der Waals surface area (Å²) in [6.07, 6.45) is 4.67. The molecule has 0 atom stereocenters. The molecule has 1 N–H and O–H groups in total. The first-order valence-electron chi connectivity index (χ1n) is 6.25. The summed E-state index contributed by atoms with van der Waals surface area (Å²) in [5.41, 5.74) is 0.331. The van der Waals surface area contributed by atoms with Crippen molar-refractivity contribution in [3.63, 3.8) is 0 Å². The molecule has 0 amide bonds. The molecule has 0 fully saturated rings. The molecular formula is C13H29NO. The Bertz CT molecular complexity index is 154. The van der Waals surface area contributed by atoms with Gasteiger partial charge in [-0.1, -0.05) is 20.8 Å². The van der Waals surface area contributed by atoms with Crippen LogP contribution < -0.4 is 5.32 Å². The molecule has 0 radical (unpaired) electrons. The van der Waals surface area contributed by atoms with Gasteiger partial charge in [-0.25, -0.2) is 0 Å². The minimum absolute atomic E-state index is 0.00599. The summed E-state index contributed by atoms with van der Waals surface area (Å²) >= 11 is 0. The summed E-state index contributed by atoms with van der Waals surface area (Å²) in [5.74, 6) is 0.